The first-order valence-corrected chi connectivity index (χ1v) is 10.7. The first kappa shape index (κ1) is 20.1. The molecule has 1 atom stereocenters. The molecule has 8 nitrogen and oxygen atoms in total. The molecule has 2 fully saturated rings. The number of carbonyl (C=O) groups is 1. The number of nitrogens with one attached hydrogen (secondary N) is 2. The zero-order valence-electron chi connectivity index (χ0n) is 17.0. The van der Waals surface area contributed by atoms with Gasteiger partial charge in [-0.3, -0.25) is 9.89 Å². The molecule has 3 aliphatic rings. The van der Waals surface area contributed by atoms with Crippen LogP contribution in [0.15, 0.2) is 6.07 Å². The van der Waals surface area contributed by atoms with Crippen LogP contribution in [0.25, 0.3) is 0 Å². The number of aromatic amines is 1. The number of aromatic nitrogens is 4. The Labute approximate surface area is 177 Å². The number of carbonyl (C=O) groups excluding carboxylic acids is 1. The molecule has 2 N–H and O–H groups in total. The Morgan fingerprint density at radius 1 is 1.10 bits per heavy atom. The molecule has 4 heterocycles. The third-order valence-electron chi connectivity index (χ3n) is 6.26. The molecular formula is C20H24F3N7O. The van der Waals surface area contributed by atoms with Crippen LogP contribution in [0.5, 0.6) is 0 Å². The minimum atomic E-state index is -4.50. The fraction of sp³-hybridized carbons (Fsp3) is 0.600. The Kier molecular flexibility index (Phi) is 4.98. The molecule has 1 aliphatic carbocycles. The van der Waals surface area contributed by atoms with E-state index in [1.807, 2.05) is 14.9 Å². The summed E-state index contributed by atoms with van der Waals surface area (Å²) < 4.78 is 38.7. The van der Waals surface area contributed by atoms with E-state index in [0.29, 0.717) is 18.3 Å². The van der Waals surface area contributed by atoms with Gasteiger partial charge in [-0.2, -0.15) is 23.3 Å². The minimum absolute atomic E-state index is 0.0530. The SMILES string of the molecule is O=C([C@@H]1CCCN1c1nc2c(c(Nc3cc(C(F)(F)F)[nH]n3)n1)CCC2)N1CCCC1. The minimum Gasteiger partial charge on any atom is -0.341 e. The van der Waals surface area contributed by atoms with Crippen molar-refractivity contribution in [2.45, 2.75) is 57.2 Å². The summed E-state index contributed by atoms with van der Waals surface area (Å²) in [4.78, 5) is 26.3. The molecule has 0 bridgehead atoms. The number of amides is 1. The van der Waals surface area contributed by atoms with Crippen molar-refractivity contribution in [2.24, 2.45) is 0 Å². The number of hydrogen-bond donors (Lipinski definition) is 2. The summed E-state index contributed by atoms with van der Waals surface area (Å²) in [5.74, 6) is 1.11. The van der Waals surface area contributed by atoms with E-state index in [2.05, 4.69) is 15.4 Å². The van der Waals surface area contributed by atoms with Gasteiger partial charge in [0.15, 0.2) is 5.82 Å². The largest absolute Gasteiger partial charge is 0.432 e. The van der Waals surface area contributed by atoms with E-state index in [9.17, 15) is 18.0 Å². The molecule has 1 amide bonds. The van der Waals surface area contributed by atoms with E-state index in [-0.39, 0.29) is 17.8 Å². The van der Waals surface area contributed by atoms with Gasteiger partial charge in [0, 0.05) is 31.3 Å². The van der Waals surface area contributed by atoms with Crippen molar-refractivity contribution >= 4 is 23.5 Å². The fourth-order valence-corrected chi connectivity index (χ4v) is 4.71. The zero-order chi connectivity index (χ0) is 21.6. The van der Waals surface area contributed by atoms with Crippen LogP contribution in [0, 0.1) is 0 Å². The number of rotatable bonds is 4. The van der Waals surface area contributed by atoms with Crippen LogP contribution in [0.4, 0.5) is 30.8 Å². The number of hydrogen-bond acceptors (Lipinski definition) is 6. The van der Waals surface area contributed by atoms with E-state index in [1.165, 1.54) is 0 Å². The highest BCUT2D eigenvalue weighted by Crippen LogP contribution is 2.34. The highest BCUT2D eigenvalue weighted by molar-refractivity contribution is 5.85. The first-order valence-electron chi connectivity index (χ1n) is 10.7. The molecule has 0 unspecified atom stereocenters. The lowest BCUT2D eigenvalue weighted by Gasteiger charge is -2.28. The summed E-state index contributed by atoms with van der Waals surface area (Å²) in [6, 6.07) is 0.645. The maximum absolute atomic E-state index is 13.0. The second-order valence-corrected chi connectivity index (χ2v) is 8.32. The summed E-state index contributed by atoms with van der Waals surface area (Å²) >= 11 is 0. The normalized spacial score (nSPS) is 21.1. The van der Waals surface area contributed by atoms with E-state index in [0.717, 1.165) is 75.4 Å². The molecule has 166 valence electrons. The lowest BCUT2D eigenvalue weighted by Crippen LogP contribution is -2.45. The van der Waals surface area contributed by atoms with Crippen molar-refractivity contribution < 1.29 is 18.0 Å². The van der Waals surface area contributed by atoms with Crippen molar-refractivity contribution in [1.82, 2.24) is 25.1 Å². The Balaban J connectivity index is 1.43. The van der Waals surface area contributed by atoms with Gasteiger partial charge in [-0.1, -0.05) is 0 Å². The summed E-state index contributed by atoms with van der Waals surface area (Å²) in [6.07, 6.45) is 1.65. The van der Waals surface area contributed by atoms with Crippen molar-refractivity contribution in [3.63, 3.8) is 0 Å². The third kappa shape index (κ3) is 3.81. The zero-order valence-corrected chi connectivity index (χ0v) is 17.0. The molecule has 11 heteroatoms. The summed E-state index contributed by atoms with van der Waals surface area (Å²) in [5.41, 5.74) is 0.872. The lowest BCUT2D eigenvalue weighted by molar-refractivity contribution is -0.141. The van der Waals surface area contributed by atoms with Gasteiger partial charge in [-0.25, -0.2) is 4.98 Å². The second kappa shape index (κ2) is 7.69. The Morgan fingerprint density at radius 2 is 1.90 bits per heavy atom. The summed E-state index contributed by atoms with van der Waals surface area (Å²) in [5, 5.41) is 8.69. The van der Waals surface area contributed by atoms with Gasteiger partial charge in [0.05, 0.1) is 5.69 Å². The molecular weight excluding hydrogens is 411 g/mol. The maximum Gasteiger partial charge on any atom is 0.432 e. The first-order chi connectivity index (χ1) is 14.9. The molecule has 0 aromatic carbocycles. The fourth-order valence-electron chi connectivity index (χ4n) is 4.71. The van der Waals surface area contributed by atoms with E-state index in [1.54, 1.807) is 0 Å². The van der Waals surface area contributed by atoms with Crippen LogP contribution in [-0.2, 0) is 23.8 Å². The number of alkyl halides is 3. The number of H-pyrrole nitrogens is 1. The number of anilines is 3. The average Bonchev–Trinajstić information content (AvgIpc) is 3.53. The topological polar surface area (TPSA) is 90.0 Å². The van der Waals surface area contributed by atoms with E-state index in [4.69, 9.17) is 4.98 Å². The number of likely N-dealkylation sites (tertiary alicyclic amines) is 1. The molecule has 5 rings (SSSR count). The van der Waals surface area contributed by atoms with Gasteiger partial charge in [-0.15, -0.1) is 0 Å². The maximum atomic E-state index is 13.0. The van der Waals surface area contributed by atoms with Gasteiger partial charge in [0.1, 0.15) is 17.6 Å². The van der Waals surface area contributed by atoms with Crippen LogP contribution in [0.3, 0.4) is 0 Å². The predicted octanol–water partition coefficient (Wildman–Crippen LogP) is 3.04. The van der Waals surface area contributed by atoms with E-state index >= 15 is 0 Å². The van der Waals surface area contributed by atoms with Crippen LogP contribution >= 0.6 is 0 Å². The molecule has 2 saturated heterocycles. The molecule has 0 saturated carbocycles. The molecule has 2 aromatic rings. The predicted molar refractivity (Wildman–Crippen MR) is 107 cm³/mol. The van der Waals surface area contributed by atoms with Crippen LogP contribution in [0.1, 0.15) is 49.1 Å². The van der Waals surface area contributed by atoms with Gasteiger partial charge in [-0.05, 0) is 44.9 Å². The summed E-state index contributed by atoms with van der Waals surface area (Å²) in [6.45, 7) is 2.27. The molecule has 0 radical (unpaired) electrons. The number of aryl methyl sites for hydroxylation is 1. The molecule has 31 heavy (non-hydrogen) atoms. The van der Waals surface area contributed by atoms with Crippen LogP contribution < -0.4 is 10.2 Å². The Hall–Kier alpha value is -2.85. The average molecular weight is 435 g/mol. The second-order valence-electron chi connectivity index (χ2n) is 8.32. The summed E-state index contributed by atoms with van der Waals surface area (Å²) in [7, 11) is 0. The van der Waals surface area contributed by atoms with Crippen molar-refractivity contribution in [1.29, 1.82) is 0 Å². The molecule has 2 aromatic heterocycles. The Morgan fingerprint density at radius 3 is 2.65 bits per heavy atom. The van der Waals surface area contributed by atoms with Crippen LogP contribution in [0.2, 0.25) is 0 Å². The van der Waals surface area contributed by atoms with Gasteiger partial charge in [0.2, 0.25) is 11.9 Å². The number of nitrogens with zero attached hydrogens (tertiary/aromatic N) is 5. The smallest absolute Gasteiger partial charge is 0.341 e. The van der Waals surface area contributed by atoms with Crippen molar-refractivity contribution in [3.05, 3.63) is 23.0 Å². The van der Waals surface area contributed by atoms with E-state index < -0.39 is 11.9 Å². The quantitative estimate of drug-likeness (QED) is 0.767. The lowest BCUT2D eigenvalue weighted by atomic mass is 10.2. The van der Waals surface area contributed by atoms with Gasteiger partial charge in [0.25, 0.3) is 0 Å². The third-order valence-corrected chi connectivity index (χ3v) is 6.26. The van der Waals surface area contributed by atoms with Crippen LogP contribution in [-0.4, -0.2) is 56.6 Å². The molecule has 0 spiro atoms. The highest BCUT2D eigenvalue weighted by Gasteiger charge is 2.37. The molecule has 2 aliphatic heterocycles. The number of fused-ring (bicyclic) bond motifs is 1. The standard InChI is InChI=1S/C20H24F3N7O/c21-20(22,23)15-11-16(28-27-15)25-17-12-5-3-6-13(12)24-19(26-17)30-10-4-7-14(30)18(31)29-8-1-2-9-29/h11,14H,1-10H2,(H2,24,25,26,27,28)/t14-/m0/s1. The highest BCUT2D eigenvalue weighted by atomic mass is 19.4. The van der Waals surface area contributed by atoms with Crippen molar-refractivity contribution in [3.8, 4) is 0 Å². The van der Waals surface area contributed by atoms with Gasteiger partial charge < -0.3 is 15.1 Å². The number of halogens is 3. The van der Waals surface area contributed by atoms with Crippen molar-refractivity contribution in [2.75, 3.05) is 29.9 Å². The Bertz CT molecular complexity index is 984. The monoisotopic (exact) mass is 435 g/mol. The van der Waals surface area contributed by atoms with Gasteiger partial charge >= 0.3 is 6.18 Å².